The smallest absolute Gasteiger partial charge is 0.171 e. The van der Waals surface area contributed by atoms with E-state index in [1.165, 1.54) is 0 Å². The number of alkyl halides is 3. The van der Waals surface area contributed by atoms with Crippen molar-refractivity contribution in [3.05, 3.63) is 34.9 Å². The zero-order valence-corrected chi connectivity index (χ0v) is 8.20. The third-order valence-corrected chi connectivity index (χ3v) is 2.22. The Morgan fingerprint density at radius 3 is 2.43 bits per heavy atom. The molecular weight excluding hydrogens is 189 g/mol. The predicted molar refractivity (Wildman–Crippen MR) is 49.1 cm³/mol. The van der Waals surface area contributed by atoms with Gasteiger partial charge in [0.15, 0.2) is 0 Å². The molecule has 1 aromatic rings. The van der Waals surface area contributed by atoms with E-state index in [-0.39, 0.29) is 6.42 Å². The number of hydrogen-bond acceptors (Lipinski definition) is 0. The normalized spacial score (nSPS) is 11.8. The van der Waals surface area contributed by atoms with Crippen LogP contribution < -0.4 is 0 Å². The minimum Gasteiger partial charge on any atom is -0.171 e. The molecule has 3 heteroatoms. The van der Waals surface area contributed by atoms with Gasteiger partial charge in [0, 0.05) is 6.42 Å². The third kappa shape index (κ3) is 3.05. The number of aryl methyl sites for hydroxylation is 2. The lowest BCUT2D eigenvalue weighted by Gasteiger charge is -2.10. The van der Waals surface area contributed by atoms with Crippen LogP contribution >= 0.6 is 0 Å². The monoisotopic (exact) mass is 201 g/mol. The highest BCUT2D eigenvalue weighted by atomic mass is 19.4. The standard InChI is InChI=1S/C11H12F3/c1-8-4-3-5-9(2)10(8)6-7-11(12,13)14/h3-4H,6-7H2,1-2H3. The van der Waals surface area contributed by atoms with E-state index in [0.29, 0.717) is 0 Å². The highest BCUT2D eigenvalue weighted by Gasteiger charge is 2.26. The van der Waals surface area contributed by atoms with Crippen LogP contribution in [0.2, 0.25) is 0 Å². The van der Waals surface area contributed by atoms with Crippen LogP contribution in [0.5, 0.6) is 0 Å². The van der Waals surface area contributed by atoms with Gasteiger partial charge in [-0.2, -0.15) is 13.2 Å². The minimum absolute atomic E-state index is 0.0541. The van der Waals surface area contributed by atoms with Crippen molar-refractivity contribution in [1.82, 2.24) is 0 Å². The zero-order valence-electron chi connectivity index (χ0n) is 8.20. The fourth-order valence-electron chi connectivity index (χ4n) is 1.43. The molecule has 0 bridgehead atoms. The van der Waals surface area contributed by atoms with E-state index in [1.54, 1.807) is 19.1 Å². The van der Waals surface area contributed by atoms with Gasteiger partial charge in [0.2, 0.25) is 0 Å². The average molecular weight is 201 g/mol. The Morgan fingerprint density at radius 1 is 1.29 bits per heavy atom. The van der Waals surface area contributed by atoms with E-state index < -0.39 is 12.6 Å². The van der Waals surface area contributed by atoms with Gasteiger partial charge in [0.05, 0.1) is 0 Å². The number of benzene rings is 1. The zero-order chi connectivity index (χ0) is 10.8. The molecule has 0 N–H and O–H groups in total. The quantitative estimate of drug-likeness (QED) is 0.685. The van der Waals surface area contributed by atoms with Crippen molar-refractivity contribution in [2.75, 3.05) is 0 Å². The molecule has 0 aliphatic rings. The first-order chi connectivity index (χ1) is 6.40. The van der Waals surface area contributed by atoms with Crippen molar-refractivity contribution < 1.29 is 13.2 Å². The summed E-state index contributed by atoms with van der Waals surface area (Å²) in [6, 6.07) is 6.44. The van der Waals surface area contributed by atoms with Crippen molar-refractivity contribution in [1.29, 1.82) is 0 Å². The number of rotatable bonds is 2. The summed E-state index contributed by atoms with van der Waals surface area (Å²) in [5, 5.41) is 0. The summed E-state index contributed by atoms with van der Waals surface area (Å²) in [5.41, 5.74) is 2.49. The average Bonchev–Trinajstić information content (AvgIpc) is 2.01. The highest BCUT2D eigenvalue weighted by Crippen LogP contribution is 2.24. The van der Waals surface area contributed by atoms with Crippen molar-refractivity contribution in [3.63, 3.8) is 0 Å². The fourth-order valence-corrected chi connectivity index (χ4v) is 1.43. The SMILES string of the molecule is Cc1[c]ccc(C)c1CCC(F)(F)F. The van der Waals surface area contributed by atoms with Crippen LogP contribution in [0.1, 0.15) is 23.1 Å². The van der Waals surface area contributed by atoms with Crippen molar-refractivity contribution in [2.45, 2.75) is 32.9 Å². The third-order valence-electron chi connectivity index (χ3n) is 2.22. The van der Waals surface area contributed by atoms with Gasteiger partial charge in [-0.1, -0.05) is 12.1 Å². The van der Waals surface area contributed by atoms with Gasteiger partial charge in [-0.15, -0.1) is 0 Å². The molecule has 77 valence electrons. The lowest BCUT2D eigenvalue weighted by atomic mass is 9.99. The summed E-state index contributed by atoms with van der Waals surface area (Å²) in [6.45, 7) is 3.62. The van der Waals surface area contributed by atoms with Gasteiger partial charge < -0.3 is 0 Å². The van der Waals surface area contributed by atoms with Gasteiger partial charge in [-0.3, -0.25) is 0 Å². The first kappa shape index (κ1) is 11.1. The largest absolute Gasteiger partial charge is 0.389 e. The Morgan fingerprint density at radius 2 is 1.93 bits per heavy atom. The number of hydrogen-bond donors (Lipinski definition) is 0. The molecule has 0 nitrogen and oxygen atoms in total. The first-order valence-electron chi connectivity index (χ1n) is 4.43. The summed E-state index contributed by atoms with van der Waals surface area (Å²) < 4.78 is 36.0. The topological polar surface area (TPSA) is 0 Å². The van der Waals surface area contributed by atoms with E-state index in [0.717, 1.165) is 16.7 Å². The molecule has 0 heterocycles. The molecule has 1 rings (SSSR count). The second kappa shape index (κ2) is 4.03. The number of halogens is 3. The van der Waals surface area contributed by atoms with Crippen LogP contribution in [0.3, 0.4) is 0 Å². The van der Waals surface area contributed by atoms with Gasteiger partial charge >= 0.3 is 6.18 Å². The van der Waals surface area contributed by atoms with E-state index in [2.05, 4.69) is 6.07 Å². The molecule has 0 spiro atoms. The fraction of sp³-hybridized carbons (Fsp3) is 0.455. The molecule has 0 aromatic heterocycles. The van der Waals surface area contributed by atoms with Crippen LogP contribution in [-0.2, 0) is 6.42 Å². The highest BCUT2D eigenvalue weighted by molar-refractivity contribution is 5.32. The Hall–Kier alpha value is -0.990. The molecule has 0 saturated carbocycles. The van der Waals surface area contributed by atoms with Crippen molar-refractivity contribution in [2.24, 2.45) is 0 Å². The van der Waals surface area contributed by atoms with E-state index in [1.807, 2.05) is 6.92 Å². The Bertz CT molecular complexity index is 293. The van der Waals surface area contributed by atoms with E-state index in [9.17, 15) is 13.2 Å². The molecule has 1 radical (unpaired) electrons. The van der Waals surface area contributed by atoms with E-state index >= 15 is 0 Å². The maximum atomic E-state index is 12.0. The Balaban J connectivity index is 2.77. The molecule has 0 unspecified atom stereocenters. The summed E-state index contributed by atoms with van der Waals surface area (Å²) >= 11 is 0. The molecule has 1 aromatic carbocycles. The lowest BCUT2D eigenvalue weighted by molar-refractivity contribution is -0.134. The Labute approximate surface area is 81.8 Å². The summed E-state index contributed by atoms with van der Waals surface area (Å²) in [6.07, 6.45) is -4.78. The van der Waals surface area contributed by atoms with Crippen LogP contribution in [0.4, 0.5) is 13.2 Å². The molecule has 14 heavy (non-hydrogen) atoms. The maximum absolute atomic E-state index is 12.0. The van der Waals surface area contributed by atoms with Gasteiger partial charge in [-0.25, -0.2) is 0 Å². The Kier molecular flexibility index (Phi) is 3.19. The first-order valence-corrected chi connectivity index (χ1v) is 4.43. The van der Waals surface area contributed by atoms with Gasteiger partial charge in [-0.05, 0) is 43.0 Å². The van der Waals surface area contributed by atoms with Gasteiger partial charge in [0.25, 0.3) is 0 Å². The molecule has 0 fully saturated rings. The van der Waals surface area contributed by atoms with Gasteiger partial charge in [0.1, 0.15) is 0 Å². The van der Waals surface area contributed by atoms with Crippen LogP contribution in [-0.4, -0.2) is 6.18 Å². The molecule has 0 atom stereocenters. The summed E-state index contributed by atoms with van der Waals surface area (Å²) in [5.74, 6) is 0. The molecule has 0 aliphatic carbocycles. The molecule has 0 saturated heterocycles. The van der Waals surface area contributed by atoms with Crippen molar-refractivity contribution >= 4 is 0 Å². The van der Waals surface area contributed by atoms with Crippen LogP contribution in [0, 0.1) is 19.9 Å². The second-order valence-corrected chi connectivity index (χ2v) is 3.38. The molecular formula is C11H12F3. The molecule has 0 aliphatic heterocycles. The lowest BCUT2D eigenvalue weighted by Crippen LogP contribution is -2.09. The second-order valence-electron chi connectivity index (χ2n) is 3.38. The van der Waals surface area contributed by atoms with Crippen LogP contribution in [0.15, 0.2) is 12.1 Å². The minimum atomic E-state index is -4.07. The summed E-state index contributed by atoms with van der Waals surface area (Å²) in [7, 11) is 0. The predicted octanol–water partition coefficient (Wildman–Crippen LogP) is 3.60. The molecule has 0 amide bonds. The maximum Gasteiger partial charge on any atom is 0.389 e. The van der Waals surface area contributed by atoms with Crippen molar-refractivity contribution in [3.8, 4) is 0 Å². The summed E-state index contributed by atoms with van der Waals surface area (Å²) in [4.78, 5) is 0. The van der Waals surface area contributed by atoms with E-state index in [4.69, 9.17) is 0 Å². The van der Waals surface area contributed by atoms with Crippen LogP contribution in [0.25, 0.3) is 0 Å².